The van der Waals surface area contributed by atoms with E-state index in [2.05, 4.69) is 25.2 Å². The van der Waals surface area contributed by atoms with Crippen molar-refractivity contribution in [1.29, 1.82) is 0 Å². The van der Waals surface area contributed by atoms with Gasteiger partial charge in [0.2, 0.25) is 5.91 Å². The molecule has 3 heterocycles. The Labute approximate surface area is 163 Å². The first-order valence-electron chi connectivity index (χ1n) is 9.58. The zero-order chi connectivity index (χ0) is 19.3. The van der Waals surface area contributed by atoms with Crippen LogP contribution in [0.3, 0.4) is 0 Å². The van der Waals surface area contributed by atoms with Crippen molar-refractivity contribution in [3.63, 3.8) is 0 Å². The normalized spacial score (nSPS) is 16.8. The molecule has 1 aliphatic heterocycles. The van der Waals surface area contributed by atoms with Gasteiger partial charge in [-0.3, -0.25) is 9.78 Å². The first kappa shape index (κ1) is 18.2. The highest BCUT2D eigenvalue weighted by atomic mass is 16.5. The molecule has 0 saturated carbocycles. The standard InChI is InChI=1S/C21H23N5O2/c1-2-28-18-7-5-16(6-8-18)25-21(27)15-4-3-11-26(14-15)17-12-19-20(24-13-17)23-10-9-22-19/h5-10,12-13,15H,2-4,11,14H2,1H3,(H,25,27)/t15-/m0/s1. The summed E-state index contributed by atoms with van der Waals surface area (Å²) < 4.78 is 5.44. The zero-order valence-corrected chi connectivity index (χ0v) is 15.8. The molecular weight excluding hydrogens is 354 g/mol. The Balaban J connectivity index is 1.42. The Kier molecular flexibility index (Phi) is 5.32. The number of amides is 1. The van der Waals surface area contributed by atoms with E-state index in [1.54, 1.807) is 12.4 Å². The summed E-state index contributed by atoms with van der Waals surface area (Å²) in [4.78, 5) is 27.9. The van der Waals surface area contributed by atoms with Gasteiger partial charge in [-0.2, -0.15) is 0 Å². The number of hydrogen-bond acceptors (Lipinski definition) is 6. The SMILES string of the molecule is CCOc1ccc(NC(=O)[C@H]2CCCN(c3cnc4nccnc4c3)C2)cc1. The lowest BCUT2D eigenvalue weighted by Crippen LogP contribution is -2.40. The van der Waals surface area contributed by atoms with Crippen molar-refractivity contribution < 1.29 is 9.53 Å². The number of anilines is 2. The second-order valence-electron chi connectivity index (χ2n) is 6.82. The largest absolute Gasteiger partial charge is 0.494 e. The number of piperidine rings is 1. The Morgan fingerprint density at radius 1 is 1.21 bits per heavy atom. The van der Waals surface area contributed by atoms with Crippen molar-refractivity contribution in [3.05, 3.63) is 48.9 Å². The van der Waals surface area contributed by atoms with Gasteiger partial charge in [-0.05, 0) is 50.1 Å². The number of nitrogens with one attached hydrogen (secondary N) is 1. The summed E-state index contributed by atoms with van der Waals surface area (Å²) in [6.07, 6.45) is 6.94. The number of benzene rings is 1. The van der Waals surface area contributed by atoms with E-state index in [1.807, 2.05) is 43.5 Å². The minimum absolute atomic E-state index is 0.0439. The third-order valence-electron chi connectivity index (χ3n) is 4.90. The highest BCUT2D eigenvalue weighted by Gasteiger charge is 2.26. The molecule has 144 valence electrons. The molecule has 1 fully saturated rings. The highest BCUT2D eigenvalue weighted by Crippen LogP contribution is 2.25. The molecule has 0 spiro atoms. The van der Waals surface area contributed by atoms with Gasteiger partial charge in [-0.1, -0.05) is 0 Å². The molecule has 7 nitrogen and oxygen atoms in total. The van der Waals surface area contributed by atoms with Crippen molar-refractivity contribution in [2.75, 3.05) is 29.9 Å². The number of ether oxygens (including phenoxy) is 1. The van der Waals surface area contributed by atoms with Crippen LogP contribution in [-0.4, -0.2) is 40.6 Å². The minimum atomic E-state index is -0.0714. The first-order chi connectivity index (χ1) is 13.7. The molecule has 1 saturated heterocycles. The minimum Gasteiger partial charge on any atom is -0.494 e. The van der Waals surface area contributed by atoms with E-state index in [4.69, 9.17) is 4.74 Å². The van der Waals surface area contributed by atoms with Crippen molar-refractivity contribution in [2.45, 2.75) is 19.8 Å². The number of nitrogens with zero attached hydrogens (tertiary/aromatic N) is 4. The number of carbonyl (C=O) groups is 1. The van der Waals surface area contributed by atoms with E-state index >= 15 is 0 Å². The molecule has 0 unspecified atom stereocenters. The molecule has 28 heavy (non-hydrogen) atoms. The average molecular weight is 377 g/mol. The quantitative estimate of drug-likeness (QED) is 0.735. The van der Waals surface area contributed by atoms with E-state index in [0.717, 1.165) is 42.0 Å². The first-order valence-corrected chi connectivity index (χ1v) is 9.58. The van der Waals surface area contributed by atoms with E-state index in [0.29, 0.717) is 18.8 Å². The van der Waals surface area contributed by atoms with Gasteiger partial charge < -0.3 is 15.0 Å². The molecule has 0 radical (unpaired) electrons. The van der Waals surface area contributed by atoms with Gasteiger partial charge in [0.1, 0.15) is 11.3 Å². The van der Waals surface area contributed by atoms with Crippen LogP contribution in [0.2, 0.25) is 0 Å². The fraction of sp³-hybridized carbons (Fsp3) is 0.333. The molecule has 1 aromatic carbocycles. The van der Waals surface area contributed by atoms with Crippen LogP contribution in [0.15, 0.2) is 48.9 Å². The fourth-order valence-electron chi connectivity index (χ4n) is 3.49. The topological polar surface area (TPSA) is 80.2 Å². The number of pyridine rings is 1. The molecule has 1 N–H and O–H groups in total. The molecule has 1 aliphatic rings. The van der Waals surface area contributed by atoms with Crippen LogP contribution in [0.1, 0.15) is 19.8 Å². The maximum absolute atomic E-state index is 12.8. The highest BCUT2D eigenvalue weighted by molar-refractivity contribution is 5.93. The van der Waals surface area contributed by atoms with Gasteiger partial charge in [0, 0.05) is 31.2 Å². The second kappa shape index (κ2) is 8.21. The van der Waals surface area contributed by atoms with Crippen LogP contribution in [0.25, 0.3) is 11.2 Å². The Bertz CT molecular complexity index is 960. The number of rotatable bonds is 5. The summed E-state index contributed by atoms with van der Waals surface area (Å²) in [7, 11) is 0. The van der Waals surface area contributed by atoms with Crippen molar-refractivity contribution in [2.24, 2.45) is 5.92 Å². The van der Waals surface area contributed by atoms with Crippen LogP contribution in [0.4, 0.5) is 11.4 Å². The summed E-state index contributed by atoms with van der Waals surface area (Å²) >= 11 is 0. The summed E-state index contributed by atoms with van der Waals surface area (Å²) in [6, 6.07) is 9.47. The predicted molar refractivity (Wildman–Crippen MR) is 109 cm³/mol. The van der Waals surface area contributed by atoms with Gasteiger partial charge in [0.15, 0.2) is 5.65 Å². The molecule has 7 heteroatoms. The van der Waals surface area contributed by atoms with Crippen LogP contribution >= 0.6 is 0 Å². The van der Waals surface area contributed by atoms with Gasteiger partial charge in [0.25, 0.3) is 0 Å². The van der Waals surface area contributed by atoms with E-state index in [1.165, 1.54) is 0 Å². The number of aromatic nitrogens is 3. The molecule has 1 amide bonds. The molecule has 0 bridgehead atoms. The summed E-state index contributed by atoms with van der Waals surface area (Å²) in [5.74, 6) is 0.775. The lowest BCUT2D eigenvalue weighted by atomic mass is 9.96. The van der Waals surface area contributed by atoms with Crippen LogP contribution in [0, 0.1) is 5.92 Å². The molecule has 4 rings (SSSR count). The number of fused-ring (bicyclic) bond motifs is 1. The van der Waals surface area contributed by atoms with E-state index in [9.17, 15) is 4.79 Å². The zero-order valence-electron chi connectivity index (χ0n) is 15.8. The van der Waals surface area contributed by atoms with Crippen molar-refractivity contribution in [1.82, 2.24) is 15.0 Å². The van der Waals surface area contributed by atoms with Crippen LogP contribution in [-0.2, 0) is 4.79 Å². The van der Waals surface area contributed by atoms with Crippen LogP contribution in [0.5, 0.6) is 5.75 Å². The van der Waals surface area contributed by atoms with Gasteiger partial charge in [-0.25, -0.2) is 9.97 Å². The predicted octanol–water partition coefficient (Wildman–Crippen LogP) is 3.28. The van der Waals surface area contributed by atoms with Crippen LogP contribution < -0.4 is 15.0 Å². The molecule has 2 aromatic heterocycles. The summed E-state index contributed by atoms with van der Waals surface area (Å²) in [5, 5.41) is 3.02. The summed E-state index contributed by atoms with van der Waals surface area (Å²) in [6.45, 7) is 4.14. The third-order valence-corrected chi connectivity index (χ3v) is 4.90. The van der Waals surface area contributed by atoms with E-state index < -0.39 is 0 Å². The van der Waals surface area contributed by atoms with E-state index in [-0.39, 0.29) is 11.8 Å². The Morgan fingerprint density at radius 2 is 2.04 bits per heavy atom. The molecule has 3 aromatic rings. The maximum Gasteiger partial charge on any atom is 0.229 e. The monoisotopic (exact) mass is 377 g/mol. The lowest BCUT2D eigenvalue weighted by molar-refractivity contribution is -0.120. The lowest BCUT2D eigenvalue weighted by Gasteiger charge is -2.33. The van der Waals surface area contributed by atoms with Crippen molar-refractivity contribution in [3.8, 4) is 5.75 Å². The fourth-order valence-corrected chi connectivity index (χ4v) is 3.49. The number of carbonyl (C=O) groups excluding carboxylic acids is 1. The van der Waals surface area contributed by atoms with Gasteiger partial charge in [0.05, 0.1) is 24.4 Å². The molecular formula is C21H23N5O2. The molecule has 1 atom stereocenters. The Morgan fingerprint density at radius 3 is 2.86 bits per heavy atom. The smallest absolute Gasteiger partial charge is 0.229 e. The van der Waals surface area contributed by atoms with Crippen molar-refractivity contribution >= 4 is 28.4 Å². The maximum atomic E-state index is 12.8. The van der Waals surface area contributed by atoms with Gasteiger partial charge >= 0.3 is 0 Å². The summed E-state index contributed by atoms with van der Waals surface area (Å²) in [5.41, 5.74) is 3.16. The average Bonchev–Trinajstić information content (AvgIpc) is 2.75. The number of hydrogen-bond donors (Lipinski definition) is 1. The van der Waals surface area contributed by atoms with Gasteiger partial charge in [-0.15, -0.1) is 0 Å². The Hall–Kier alpha value is -3.22. The second-order valence-corrected chi connectivity index (χ2v) is 6.82. The molecule has 0 aliphatic carbocycles. The third kappa shape index (κ3) is 4.03.